The van der Waals surface area contributed by atoms with Crippen LogP contribution in [0.5, 0.6) is 11.5 Å². The number of rotatable bonds is 6. The molecule has 3 aromatic carbocycles. The van der Waals surface area contributed by atoms with Gasteiger partial charge in [-0.1, -0.05) is 18.2 Å². The predicted octanol–water partition coefficient (Wildman–Crippen LogP) is 5.39. The summed E-state index contributed by atoms with van der Waals surface area (Å²) < 4.78 is 25.1. The SMILES string of the molecule is COc1cc2nccc(Nc3ccc(F)c(NC(=O)c4ccccc4)c3)c2cc1OC. The lowest BCUT2D eigenvalue weighted by Gasteiger charge is -2.14. The van der Waals surface area contributed by atoms with Crippen LogP contribution < -0.4 is 20.1 Å². The Bertz CT molecular complexity index is 1250. The van der Waals surface area contributed by atoms with E-state index in [4.69, 9.17) is 9.47 Å². The van der Waals surface area contributed by atoms with Gasteiger partial charge in [-0.05, 0) is 42.5 Å². The second kappa shape index (κ2) is 8.71. The molecule has 0 radical (unpaired) electrons. The van der Waals surface area contributed by atoms with Gasteiger partial charge in [-0.2, -0.15) is 0 Å². The summed E-state index contributed by atoms with van der Waals surface area (Å²) in [5.74, 6) is 0.233. The first-order valence-electron chi connectivity index (χ1n) is 9.53. The van der Waals surface area contributed by atoms with E-state index in [1.807, 2.05) is 12.1 Å². The van der Waals surface area contributed by atoms with E-state index in [1.54, 1.807) is 68.9 Å². The van der Waals surface area contributed by atoms with Crippen LogP contribution >= 0.6 is 0 Å². The summed E-state index contributed by atoms with van der Waals surface area (Å²) in [7, 11) is 3.13. The zero-order valence-corrected chi connectivity index (χ0v) is 17.0. The van der Waals surface area contributed by atoms with E-state index in [0.29, 0.717) is 28.3 Å². The van der Waals surface area contributed by atoms with Gasteiger partial charge in [0.25, 0.3) is 5.91 Å². The monoisotopic (exact) mass is 417 g/mol. The summed E-state index contributed by atoms with van der Waals surface area (Å²) in [6.45, 7) is 0. The highest BCUT2D eigenvalue weighted by atomic mass is 19.1. The molecule has 0 aliphatic heterocycles. The van der Waals surface area contributed by atoms with Gasteiger partial charge >= 0.3 is 0 Å². The molecule has 0 atom stereocenters. The number of anilines is 3. The van der Waals surface area contributed by atoms with Crippen molar-refractivity contribution in [1.29, 1.82) is 0 Å². The van der Waals surface area contributed by atoms with E-state index in [1.165, 1.54) is 6.07 Å². The van der Waals surface area contributed by atoms with Crippen LogP contribution in [0.3, 0.4) is 0 Å². The molecule has 0 fully saturated rings. The average Bonchev–Trinajstić information content (AvgIpc) is 2.81. The van der Waals surface area contributed by atoms with Gasteiger partial charge in [0.05, 0.1) is 25.4 Å². The van der Waals surface area contributed by atoms with E-state index in [0.717, 1.165) is 11.1 Å². The molecular formula is C24H20FN3O3. The summed E-state index contributed by atoms with van der Waals surface area (Å²) in [4.78, 5) is 16.8. The highest BCUT2D eigenvalue weighted by Gasteiger charge is 2.12. The van der Waals surface area contributed by atoms with Gasteiger partial charge in [-0.25, -0.2) is 4.39 Å². The van der Waals surface area contributed by atoms with Crippen molar-refractivity contribution in [3.05, 3.63) is 84.3 Å². The number of pyridine rings is 1. The Labute approximate surface area is 178 Å². The Kier molecular flexibility index (Phi) is 5.66. The molecule has 31 heavy (non-hydrogen) atoms. The number of nitrogens with one attached hydrogen (secondary N) is 2. The largest absolute Gasteiger partial charge is 0.493 e. The van der Waals surface area contributed by atoms with E-state index >= 15 is 0 Å². The van der Waals surface area contributed by atoms with Crippen LogP contribution in [0.1, 0.15) is 10.4 Å². The number of amides is 1. The normalized spacial score (nSPS) is 10.5. The van der Waals surface area contributed by atoms with Crippen LogP contribution in [-0.4, -0.2) is 25.1 Å². The molecule has 0 aliphatic rings. The van der Waals surface area contributed by atoms with Crippen molar-refractivity contribution in [3.8, 4) is 11.5 Å². The van der Waals surface area contributed by atoms with Gasteiger partial charge in [0.2, 0.25) is 0 Å². The first-order chi connectivity index (χ1) is 15.1. The molecular weight excluding hydrogens is 397 g/mol. The second-order valence-corrected chi connectivity index (χ2v) is 6.72. The van der Waals surface area contributed by atoms with Crippen molar-refractivity contribution in [2.24, 2.45) is 0 Å². The first-order valence-corrected chi connectivity index (χ1v) is 9.53. The lowest BCUT2D eigenvalue weighted by atomic mass is 10.1. The maximum absolute atomic E-state index is 14.3. The number of carbonyl (C=O) groups excluding carboxylic acids is 1. The summed E-state index contributed by atoms with van der Waals surface area (Å²) >= 11 is 0. The van der Waals surface area contributed by atoms with E-state index in [9.17, 15) is 9.18 Å². The van der Waals surface area contributed by atoms with E-state index in [-0.39, 0.29) is 11.6 Å². The number of hydrogen-bond donors (Lipinski definition) is 2. The van der Waals surface area contributed by atoms with Crippen LogP contribution in [0.15, 0.2) is 72.9 Å². The van der Waals surface area contributed by atoms with Crippen molar-refractivity contribution < 1.29 is 18.7 Å². The maximum atomic E-state index is 14.3. The van der Waals surface area contributed by atoms with Gasteiger partial charge in [-0.15, -0.1) is 0 Å². The van der Waals surface area contributed by atoms with Crippen molar-refractivity contribution in [2.75, 3.05) is 24.9 Å². The third kappa shape index (κ3) is 4.25. The quantitative estimate of drug-likeness (QED) is 0.440. The number of aromatic nitrogens is 1. The minimum atomic E-state index is -0.527. The second-order valence-electron chi connectivity index (χ2n) is 6.72. The Balaban J connectivity index is 1.65. The molecule has 4 aromatic rings. The van der Waals surface area contributed by atoms with Crippen LogP contribution in [0.4, 0.5) is 21.5 Å². The van der Waals surface area contributed by atoms with Gasteiger partial charge in [0, 0.05) is 34.6 Å². The standard InChI is InChI=1S/C24H20FN3O3/c1-30-22-13-17-19(10-11-26-20(17)14-23(22)31-2)27-16-8-9-18(25)21(12-16)28-24(29)15-6-4-3-5-7-15/h3-14H,1-2H3,(H,26,27)(H,28,29). The van der Waals surface area contributed by atoms with Crippen LogP contribution in [-0.2, 0) is 0 Å². The summed E-state index contributed by atoms with van der Waals surface area (Å²) in [5.41, 5.74) is 2.59. The number of methoxy groups -OCH3 is 2. The Hall–Kier alpha value is -4.13. The fraction of sp³-hybridized carbons (Fsp3) is 0.0833. The minimum absolute atomic E-state index is 0.0801. The topological polar surface area (TPSA) is 72.5 Å². The molecule has 0 aliphatic carbocycles. The Morgan fingerprint density at radius 2 is 1.65 bits per heavy atom. The molecule has 0 saturated carbocycles. The third-order valence-electron chi connectivity index (χ3n) is 4.78. The van der Waals surface area contributed by atoms with Crippen LogP contribution in [0, 0.1) is 5.82 Å². The smallest absolute Gasteiger partial charge is 0.255 e. The van der Waals surface area contributed by atoms with Crippen molar-refractivity contribution in [3.63, 3.8) is 0 Å². The summed E-state index contributed by atoms with van der Waals surface area (Å²) in [5, 5.41) is 6.69. The number of ether oxygens (including phenoxy) is 2. The van der Waals surface area contributed by atoms with Crippen LogP contribution in [0.2, 0.25) is 0 Å². The number of halogens is 1. The molecule has 4 rings (SSSR count). The van der Waals surface area contributed by atoms with Crippen molar-refractivity contribution >= 4 is 33.9 Å². The van der Waals surface area contributed by atoms with Crippen molar-refractivity contribution in [2.45, 2.75) is 0 Å². The average molecular weight is 417 g/mol. The molecule has 156 valence electrons. The molecule has 1 aromatic heterocycles. The summed E-state index contributed by atoms with van der Waals surface area (Å²) in [6.07, 6.45) is 1.66. The molecule has 6 nitrogen and oxygen atoms in total. The van der Waals surface area contributed by atoms with Gasteiger partial charge in [0.15, 0.2) is 11.5 Å². The lowest BCUT2D eigenvalue weighted by molar-refractivity contribution is 0.102. The van der Waals surface area contributed by atoms with Crippen LogP contribution in [0.25, 0.3) is 10.9 Å². The summed E-state index contributed by atoms with van der Waals surface area (Å²) in [6, 6.07) is 18.5. The lowest BCUT2D eigenvalue weighted by Crippen LogP contribution is -2.13. The molecule has 0 spiro atoms. The molecule has 1 heterocycles. The van der Waals surface area contributed by atoms with E-state index < -0.39 is 5.82 Å². The molecule has 1 amide bonds. The molecule has 0 bridgehead atoms. The third-order valence-corrected chi connectivity index (χ3v) is 4.78. The number of nitrogens with zero attached hydrogens (tertiary/aromatic N) is 1. The zero-order chi connectivity index (χ0) is 21.8. The number of fused-ring (bicyclic) bond motifs is 1. The minimum Gasteiger partial charge on any atom is -0.493 e. The highest BCUT2D eigenvalue weighted by molar-refractivity contribution is 6.04. The number of hydrogen-bond acceptors (Lipinski definition) is 5. The van der Waals surface area contributed by atoms with Crippen molar-refractivity contribution in [1.82, 2.24) is 4.98 Å². The van der Waals surface area contributed by atoms with Gasteiger partial charge < -0.3 is 20.1 Å². The molecule has 0 unspecified atom stereocenters. The fourth-order valence-corrected chi connectivity index (χ4v) is 3.22. The van der Waals surface area contributed by atoms with Gasteiger partial charge in [0.1, 0.15) is 5.82 Å². The van der Waals surface area contributed by atoms with Gasteiger partial charge in [-0.3, -0.25) is 9.78 Å². The molecule has 2 N–H and O–H groups in total. The predicted molar refractivity (Wildman–Crippen MR) is 119 cm³/mol. The Morgan fingerprint density at radius 1 is 0.903 bits per heavy atom. The maximum Gasteiger partial charge on any atom is 0.255 e. The Morgan fingerprint density at radius 3 is 2.39 bits per heavy atom. The number of benzene rings is 3. The number of carbonyl (C=O) groups is 1. The molecule has 0 saturated heterocycles. The fourth-order valence-electron chi connectivity index (χ4n) is 3.22. The molecule has 7 heteroatoms. The zero-order valence-electron chi connectivity index (χ0n) is 17.0. The van der Waals surface area contributed by atoms with E-state index in [2.05, 4.69) is 15.6 Å². The first kappa shape index (κ1) is 20.2. The highest BCUT2D eigenvalue weighted by Crippen LogP contribution is 2.35.